The molecule has 2 rings (SSSR count). The molecule has 1 aliphatic heterocycles. The van der Waals surface area contributed by atoms with Gasteiger partial charge in [-0.1, -0.05) is 12.0 Å². The topological polar surface area (TPSA) is 20.3 Å². The van der Waals surface area contributed by atoms with Crippen LogP contribution in [0.1, 0.15) is 51.9 Å². The Labute approximate surface area is 105 Å². The Bertz CT molecular complexity index is 297. The fourth-order valence-corrected chi connectivity index (χ4v) is 3.34. The fourth-order valence-electron chi connectivity index (χ4n) is 3.34. The lowest BCUT2D eigenvalue weighted by Gasteiger charge is -2.33. The molecule has 0 aromatic heterocycles. The predicted molar refractivity (Wildman–Crippen MR) is 71.0 cm³/mol. The molecule has 2 heteroatoms. The van der Waals surface area contributed by atoms with Crippen molar-refractivity contribution in [2.45, 2.75) is 57.9 Å². The summed E-state index contributed by atoms with van der Waals surface area (Å²) in [5.74, 6) is 0.875. The van der Waals surface area contributed by atoms with Crippen LogP contribution in [0.3, 0.4) is 0 Å². The maximum atomic E-state index is 12.0. The number of hydrogen-bond acceptors (Lipinski definition) is 2. The van der Waals surface area contributed by atoms with E-state index in [0.717, 1.165) is 32.2 Å². The van der Waals surface area contributed by atoms with Crippen LogP contribution in [-0.4, -0.2) is 29.8 Å². The van der Waals surface area contributed by atoms with Gasteiger partial charge in [0, 0.05) is 24.9 Å². The monoisotopic (exact) mass is 235 g/mol. The SMILES string of the molecule is C=C(C)CCN1CCCC1C1CCCCC1=O. The molecule has 1 heterocycles. The predicted octanol–water partition coefficient (Wildman–Crippen LogP) is 3.18. The Hall–Kier alpha value is -0.630. The summed E-state index contributed by atoms with van der Waals surface area (Å²) in [5, 5.41) is 0. The number of carbonyl (C=O) groups is 1. The van der Waals surface area contributed by atoms with Crippen molar-refractivity contribution in [2.24, 2.45) is 5.92 Å². The molecule has 0 N–H and O–H groups in total. The van der Waals surface area contributed by atoms with E-state index < -0.39 is 0 Å². The summed E-state index contributed by atoms with van der Waals surface area (Å²) in [4.78, 5) is 14.6. The van der Waals surface area contributed by atoms with E-state index in [-0.39, 0.29) is 0 Å². The summed E-state index contributed by atoms with van der Waals surface area (Å²) < 4.78 is 0. The molecule has 2 nitrogen and oxygen atoms in total. The lowest BCUT2D eigenvalue weighted by atomic mass is 9.82. The molecule has 0 aromatic carbocycles. The summed E-state index contributed by atoms with van der Waals surface area (Å²) in [6, 6.07) is 0.544. The van der Waals surface area contributed by atoms with Crippen molar-refractivity contribution in [3.05, 3.63) is 12.2 Å². The van der Waals surface area contributed by atoms with Crippen LogP contribution in [-0.2, 0) is 4.79 Å². The second-order valence-corrected chi connectivity index (χ2v) is 5.77. The van der Waals surface area contributed by atoms with Gasteiger partial charge in [-0.2, -0.15) is 0 Å². The average Bonchev–Trinajstić information content (AvgIpc) is 2.75. The highest BCUT2D eigenvalue weighted by Crippen LogP contribution is 2.32. The molecule has 0 bridgehead atoms. The summed E-state index contributed by atoms with van der Waals surface area (Å²) in [6.45, 7) is 8.35. The number of Topliss-reactive ketones (excluding diaryl/α,β-unsaturated/α-hetero) is 1. The van der Waals surface area contributed by atoms with Gasteiger partial charge in [-0.15, -0.1) is 6.58 Å². The zero-order chi connectivity index (χ0) is 12.3. The molecule has 0 amide bonds. The maximum Gasteiger partial charge on any atom is 0.137 e. The van der Waals surface area contributed by atoms with E-state index in [1.165, 1.54) is 31.4 Å². The van der Waals surface area contributed by atoms with E-state index >= 15 is 0 Å². The Kier molecular flexibility index (Phi) is 4.38. The van der Waals surface area contributed by atoms with E-state index in [2.05, 4.69) is 18.4 Å². The van der Waals surface area contributed by atoms with E-state index in [1.807, 2.05) is 0 Å². The highest BCUT2D eigenvalue weighted by Gasteiger charge is 2.36. The lowest BCUT2D eigenvalue weighted by Crippen LogP contribution is -2.41. The van der Waals surface area contributed by atoms with Gasteiger partial charge in [-0.05, 0) is 45.6 Å². The van der Waals surface area contributed by atoms with Crippen molar-refractivity contribution < 1.29 is 4.79 Å². The van der Waals surface area contributed by atoms with Gasteiger partial charge in [0.2, 0.25) is 0 Å². The zero-order valence-electron chi connectivity index (χ0n) is 11.1. The van der Waals surface area contributed by atoms with E-state index in [4.69, 9.17) is 0 Å². The summed E-state index contributed by atoms with van der Waals surface area (Å²) in [7, 11) is 0. The summed E-state index contributed by atoms with van der Waals surface area (Å²) in [6.07, 6.45) is 7.91. The van der Waals surface area contributed by atoms with Crippen molar-refractivity contribution in [2.75, 3.05) is 13.1 Å². The number of ketones is 1. The summed E-state index contributed by atoms with van der Waals surface area (Å²) in [5.41, 5.74) is 1.26. The molecule has 2 aliphatic rings. The van der Waals surface area contributed by atoms with Crippen LogP contribution in [0, 0.1) is 5.92 Å². The van der Waals surface area contributed by atoms with E-state index in [0.29, 0.717) is 17.7 Å². The number of rotatable bonds is 4. The fraction of sp³-hybridized carbons (Fsp3) is 0.800. The minimum absolute atomic E-state index is 0.344. The molecule has 1 aliphatic carbocycles. The molecule has 1 saturated heterocycles. The molecule has 0 radical (unpaired) electrons. The van der Waals surface area contributed by atoms with Crippen molar-refractivity contribution in [1.29, 1.82) is 0 Å². The van der Waals surface area contributed by atoms with Gasteiger partial charge in [0.25, 0.3) is 0 Å². The largest absolute Gasteiger partial charge is 0.299 e. The second-order valence-electron chi connectivity index (χ2n) is 5.77. The number of nitrogens with zero attached hydrogens (tertiary/aromatic N) is 1. The van der Waals surface area contributed by atoms with E-state index in [9.17, 15) is 4.79 Å². The van der Waals surface area contributed by atoms with Gasteiger partial charge < -0.3 is 0 Å². The number of carbonyl (C=O) groups excluding carboxylic acids is 1. The Balaban J connectivity index is 1.93. The first kappa shape index (κ1) is 12.8. The standard InChI is InChI=1S/C15H25NO/c1-12(2)9-11-16-10-5-7-14(16)13-6-3-4-8-15(13)17/h13-14H,1,3-11H2,2H3. The van der Waals surface area contributed by atoms with Crippen molar-refractivity contribution in [3.63, 3.8) is 0 Å². The lowest BCUT2D eigenvalue weighted by molar-refractivity contribution is -0.126. The van der Waals surface area contributed by atoms with Crippen LogP contribution in [0.25, 0.3) is 0 Å². The highest BCUT2D eigenvalue weighted by molar-refractivity contribution is 5.82. The van der Waals surface area contributed by atoms with Crippen LogP contribution in [0.2, 0.25) is 0 Å². The van der Waals surface area contributed by atoms with Gasteiger partial charge >= 0.3 is 0 Å². The van der Waals surface area contributed by atoms with E-state index in [1.54, 1.807) is 0 Å². The highest BCUT2D eigenvalue weighted by atomic mass is 16.1. The first-order valence-corrected chi connectivity index (χ1v) is 7.09. The quantitative estimate of drug-likeness (QED) is 0.698. The van der Waals surface area contributed by atoms with Gasteiger partial charge in [-0.3, -0.25) is 9.69 Å². The van der Waals surface area contributed by atoms with Crippen molar-refractivity contribution >= 4 is 5.78 Å². The van der Waals surface area contributed by atoms with Crippen LogP contribution in [0.15, 0.2) is 12.2 Å². The van der Waals surface area contributed by atoms with Crippen LogP contribution >= 0.6 is 0 Å². The smallest absolute Gasteiger partial charge is 0.137 e. The molecule has 2 atom stereocenters. The molecule has 2 fully saturated rings. The van der Waals surface area contributed by atoms with Crippen molar-refractivity contribution in [1.82, 2.24) is 4.90 Å². The third-order valence-corrected chi connectivity index (χ3v) is 4.31. The molecular formula is C15H25NO. The third kappa shape index (κ3) is 3.19. The number of hydrogen-bond donors (Lipinski definition) is 0. The van der Waals surface area contributed by atoms with Gasteiger partial charge in [0.05, 0.1) is 0 Å². The molecule has 0 spiro atoms. The first-order chi connectivity index (χ1) is 8.18. The minimum Gasteiger partial charge on any atom is -0.299 e. The van der Waals surface area contributed by atoms with Crippen LogP contribution < -0.4 is 0 Å². The Morgan fingerprint density at radius 3 is 2.88 bits per heavy atom. The van der Waals surface area contributed by atoms with Gasteiger partial charge in [0.1, 0.15) is 5.78 Å². The minimum atomic E-state index is 0.344. The molecule has 17 heavy (non-hydrogen) atoms. The zero-order valence-corrected chi connectivity index (χ0v) is 11.1. The Morgan fingerprint density at radius 1 is 1.35 bits per heavy atom. The van der Waals surface area contributed by atoms with Crippen LogP contribution in [0.5, 0.6) is 0 Å². The average molecular weight is 235 g/mol. The van der Waals surface area contributed by atoms with Gasteiger partial charge in [-0.25, -0.2) is 0 Å². The molecule has 96 valence electrons. The van der Waals surface area contributed by atoms with Gasteiger partial charge in [0.15, 0.2) is 0 Å². The van der Waals surface area contributed by atoms with Crippen LogP contribution in [0.4, 0.5) is 0 Å². The normalized spacial score (nSPS) is 30.8. The maximum absolute atomic E-state index is 12.0. The molecule has 2 unspecified atom stereocenters. The first-order valence-electron chi connectivity index (χ1n) is 7.09. The number of likely N-dealkylation sites (tertiary alicyclic amines) is 1. The van der Waals surface area contributed by atoms with Crippen molar-refractivity contribution in [3.8, 4) is 0 Å². The molecule has 1 saturated carbocycles. The third-order valence-electron chi connectivity index (χ3n) is 4.31. The second kappa shape index (κ2) is 5.81. The Morgan fingerprint density at radius 2 is 2.18 bits per heavy atom. The molecule has 0 aromatic rings. The molecular weight excluding hydrogens is 210 g/mol. The summed E-state index contributed by atoms with van der Waals surface area (Å²) >= 11 is 0.